The Balaban J connectivity index is 1.46. The van der Waals surface area contributed by atoms with Gasteiger partial charge in [0, 0.05) is 31.2 Å². The Morgan fingerprint density at radius 1 is 1.17 bits per heavy atom. The first-order valence-electron chi connectivity index (χ1n) is 8.17. The summed E-state index contributed by atoms with van der Waals surface area (Å²) in [6.45, 7) is 2.26. The predicted octanol–water partition coefficient (Wildman–Crippen LogP) is 1.73. The van der Waals surface area contributed by atoms with Crippen LogP contribution in [0.25, 0.3) is 0 Å². The van der Waals surface area contributed by atoms with Crippen LogP contribution in [0.2, 0.25) is 5.02 Å². The van der Waals surface area contributed by atoms with Crippen molar-refractivity contribution in [3.63, 3.8) is 0 Å². The molecule has 1 aliphatic carbocycles. The van der Waals surface area contributed by atoms with Crippen LogP contribution in [-0.2, 0) is 9.59 Å². The van der Waals surface area contributed by atoms with Gasteiger partial charge in [-0.15, -0.1) is 0 Å². The number of ether oxygens (including phenoxy) is 1. The summed E-state index contributed by atoms with van der Waals surface area (Å²) in [5, 5.41) is 10.0. The van der Waals surface area contributed by atoms with Crippen LogP contribution in [0.5, 0.6) is 5.75 Å². The minimum atomic E-state index is -0.747. The van der Waals surface area contributed by atoms with Gasteiger partial charge in [0.2, 0.25) is 0 Å². The highest BCUT2D eigenvalue weighted by Gasteiger charge is 2.41. The summed E-state index contributed by atoms with van der Waals surface area (Å²) >= 11 is 5.81. The van der Waals surface area contributed by atoms with Crippen LogP contribution >= 0.6 is 11.6 Å². The van der Waals surface area contributed by atoms with Crippen LogP contribution in [0, 0.1) is 5.92 Å². The van der Waals surface area contributed by atoms with Crippen molar-refractivity contribution in [2.75, 3.05) is 32.8 Å². The summed E-state index contributed by atoms with van der Waals surface area (Å²) in [5.41, 5.74) is 0. The molecule has 1 heterocycles. The monoisotopic (exact) mass is 352 g/mol. The summed E-state index contributed by atoms with van der Waals surface area (Å²) < 4.78 is 5.48. The van der Waals surface area contributed by atoms with E-state index in [1.165, 1.54) is 0 Å². The zero-order valence-electron chi connectivity index (χ0n) is 13.4. The number of piperazine rings is 1. The minimum Gasteiger partial charge on any atom is -0.484 e. The number of hydrogen-bond donors (Lipinski definition) is 1. The second kappa shape index (κ2) is 7.40. The average molecular weight is 353 g/mol. The number of carboxylic acid groups (broad SMARTS) is 1. The van der Waals surface area contributed by atoms with E-state index in [4.69, 9.17) is 16.3 Å². The molecule has 2 aliphatic rings. The summed E-state index contributed by atoms with van der Waals surface area (Å²) in [6, 6.07) is 6.47. The van der Waals surface area contributed by atoms with Crippen molar-refractivity contribution in [1.29, 1.82) is 0 Å². The van der Waals surface area contributed by atoms with Crippen LogP contribution in [0.3, 0.4) is 0 Å². The molecule has 0 radical (unpaired) electrons. The largest absolute Gasteiger partial charge is 0.484 e. The lowest BCUT2D eigenvalue weighted by Crippen LogP contribution is -2.55. The van der Waals surface area contributed by atoms with Gasteiger partial charge in [0.05, 0.1) is 0 Å². The number of halogens is 1. The standard InChI is InChI=1S/C17H21ClN2O4/c18-13-3-5-14(6-4-13)24-11-15(21)19-7-9-20(10-8-19)16(17(22)23)12-1-2-12/h3-6,12,16H,1-2,7-11H2,(H,22,23). The molecule has 24 heavy (non-hydrogen) atoms. The van der Waals surface area contributed by atoms with Crippen LogP contribution in [0.1, 0.15) is 12.8 Å². The van der Waals surface area contributed by atoms with Crippen LogP contribution in [-0.4, -0.2) is 65.6 Å². The lowest BCUT2D eigenvalue weighted by Gasteiger charge is -2.37. The maximum absolute atomic E-state index is 12.2. The van der Waals surface area contributed by atoms with Crippen LogP contribution in [0.4, 0.5) is 0 Å². The smallest absolute Gasteiger partial charge is 0.321 e. The topological polar surface area (TPSA) is 70.1 Å². The molecule has 1 saturated heterocycles. The van der Waals surface area contributed by atoms with Gasteiger partial charge in [-0.25, -0.2) is 0 Å². The zero-order chi connectivity index (χ0) is 17.1. The first kappa shape index (κ1) is 17.0. The average Bonchev–Trinajstić information content (AvgIpc) is 3.39. The Morgan fingerprint density at radius 2 is 1.79 bits per heavy atom. The van der Waals surface area contributed by atoms with E-state index in [2.05, 4.69) is 0 Å². The fourth-order valence-electron chi connectivity index (χ4n) is 3.08. The van der Waals surface area contributed by atoms with E-state index < -0.39 is 12.0 Å². The number of carbonyl (C=O) groups is 2. The molecule has 0 spiro atoms. The summed E-state index contributed by atoms with van der Waals surface area (Å²) in [4.78, 5) is 27.4. The van der Waals surface area contributed by atoms with Crippen LogP contribution < -0.4 is 4.74 Å². The second-order valence-corrected chi connectivity index (χ2v) is 6.72. The van der Waals surface area contributed by atoms with Crippen molar-refractivity contribution >= 4 is 23.5 Å². The SMILES string of the molecule is O=C(O)C(C1CC1)N1CCN(C(=O)COc2ccc(Cl)cc2)CC1. The van der Waals surface area contributed by atoms with Crippen LogP contribution in [0.15, 0.2) is 24.3 Å². The van der Waals surface area contributed by atoms with Gasteiger partial charge < -0.3 is 14.7 Å². The lowest BCUT2D eigenvalue weighted by atomic mass is 10.1. The number of carboxylic acids is 1. The van der Waals surface area contributed by atoms with Gasteiger partial charge in [-0.05, 0) is 43.0 Å². The lowest BCUT2D eigenvalue weighted by molar-refractivity contribution is -0.146. The molecule has 7 heteroatoms. The van der Waals surface area contributed by atoms with Crippen molar-refractivity contribution in [3.05, 3.63) is 29.3 Å². The number of rotatable bonds is 6. The van der Waals surface area contributed by atoms with Crippen molar-refractivity contribution in [1.82, 2.24) is 9.80 Å². The maximum atomic E-state index is 12.2. The molecule has 0 aromatic heterocycles. The molecule has 1 aliphatic heterocycles. The maximum Gasteiger partial charge on any atom is 0.321 e. The highest BCUT2D eigenvalue weighted by molar-refractivity contribution is 6.30. The molecule has 1 N–H and O–H groups in total. The molecule has 1 aromatic rings. The predicted molar refractivity (Wildman–Crippen MR) is 89.2 cm³/mol. The summed E-state index contributed by atoms with van der Waals surface area (Å²) in [5.74, 6) is 0.0512. The Bertz CT molecular complexity index is 595. The number of benzene rings is 1. The van der Waals surface area contributed by atoms with Crippen molar-refractivity contribution in [2.45, 2.75) is 18.9 Å². The molecule has 1 amide bonds. The van der Waals surface area contributed by atoms with Crippen molar-refractivity contribution in [3.8, 4) is 5.75 Å². The quantitative estimate of drug-likeness (QED) is 0.844. The molecule has 1 atom stereocenters. The number of nitrogens with zero attached hydrogens (tertiary/aromatic N) is 2. The molecule has 3 rings (SSSR count). The first-order chi connectivity index (χ1) is 11.5. The fraction of sp³-hybridized carbons (Fsp3) is 0.529. The fourth-order valence-corrected chi connectivity index (χ4v) is 3.21. The van der Waals surface area contributed by atoms with Gasteiger partial charge in [-0.3, -0.25) is 14.5 Å². The highest BCUT2D eigenvalue weighted by Crippen LogP contribution is 2.35. The summed E-state index contributed by atoms with van der Waals surface area (Å²) in [7, 11) is 0. The normalized spacial score (nSPS) is 19.8. The zero-order valence-corrected chi connectivity index (χ0v) is 14.1. The van der Waals surface area contributed by atoms with Gasteiger partial charge in [0.25, 0.3) is 5.91 Å². The number of amides is 1. The minimum absolute atomic E-state index is 0.0212. The Labute approximate surface area is 145 Å². The Morgan fingerprint density at radius 3 is 2.33 bits per heavy atom. The number of hydrogen-bond acceptors (Lipinski definition) is 4. The third-order valence-electron chi connectivity index (χ3n) is 4.56. The molecule has 130 valence electrons. The van der Waals surface area contributed by atoms with E-state index in [1.54, 1.807) is 29.2 Å². The molecule has 0 bridgehead atoms. The van der Waals surface area contributed by atoms with Gasteiger partial charge in [-0.2, -0.15) is 0 Å². The van der Waals surface area contributed by atoms with E-state index in [-0.39, 0.29) is 18.4 Å². The molecular weight excluding hydrogens is 332 g/mol. The first-order valence-corrected chi connectivity index (χ1v) is 8.55. The van der Waals surface area contributed by atoms with E-state index in [1.807, 2.05) is 4.90 Å². The van der Waals surface area contributed by atoms with Gasteiger partial charge in [0.1, 0.15) is 11.8 Å². The number of carbonyl (C=O) groups excluding carboxylic acids is 1. The van der Waals surface area contributed by atoms with Crippen molar-refractivity contribution in [2.24, 2.45) is 5.92 Å². The van der Waals surface area contributed by atoms with E-state index in [0.29, 0.717) is 37.0 Å². The molecule has 1 unspecified atom stereocenters. The molecule has 1 saturated carbocycles. The highest BCUT2D eigenvalue weighted by atomic mass is 35.5. The van der Waals surface area contributed by atoms with E-state index >= 15 is 0 Å². The molecular formula is C17H21ClN2O4. The van der Waals surface area contributed by atoms with Gasteiger partial charge in [-0.1, -0.05) is 11.6 Å². The van der Waals surface area contributed by atoms with E-state index in [9.17, 15) is 14.7 Å². The third-order valence-corrected chi connectivity index (χ3v) is 4.81. The van der Waals surface area contributed by atoms with Gasteiger partial charge >= 0.3 is 5.97 Å². The molecule has 6 nitrogen and oxygen atoms in total. The Kier molecular flexibility index (Phi) is 5.26. The third kappa shape index (κ3) is 4.19. The van der Waals surface area contributed by atoms with Crippen molar-refractivity contribution < 1.29 is 19.4 Å². The number of aliphatic carboxylic acids is 1. The summed E-state index contributed by atoms with van der Waals surface area (Å²) in [6.07, 6.45) is 1.98. The molecule has 2 fully saturated rings. The molecule has 1 aromatic carbocycles. The van der Waals surface area contributed by atoms with E-state index in [0.717, 1.165) is 12.8 Å². The van der Waals surface area contributed by atoms with Gasteiger partial charge in [0.15, 0.2) is 6.61 Å². The second-order valence-electron chi connectivity index (χ2n) is 6.28. The Hall–Kier alpha value is -1.79.